The Morgan fingerprint density at radius 3 is 2.45 bits per heavy atom. The Morgan fingerprint density at radius 1 is 1.15 bits per heavy atom. The molecular formula is C23H24N2O8. The lowest BCUT2D eigenvalue weighted by atomic mass is 9.67. The fourth-order valence-electron chi connectivity index (χ4n) is 4.15. The van der Waals surface area contributed by atoms with Crippen LogP contribution < -0.4 is 10.6 Å². The van der Waals surface area contributed by atoms with E-state index in [1.54, 1.807) is 31.2 Å². The van der Waals surface area contributed by atoms with Crippen LogP contribution in [0.3, 0.4) is 0 Å². The normalized spacial score (nSPS) is 19.2. The molecule has 2 heterocycles. The van der Waals surface area contributed by atoms with Gasteiger partial charge >= 0.3 is 17.9 Å². The van der Waals surface area contributed by atoms with Crippen LogP contribution >= 0.6 is 0 Å². The summed E-state index contributed by atoms with van der Waals surface area (Å²) >= 11 is 0. The van der Waals surface area contributed by atoms with Crippen molar-refractivity contribution in [3.05, 3.63) is 65.3 Å². The van der Waals surface area contributed by atoms with E-state index in [-0.39, 0.29) is 35.6 Å². The number of ether oxygens (including phenoxy) is 4. The first-order valence-electron chi connectivity index (χ1n) is 10.1. The van der Waals surface area contributed by atoms with Gasteiger partial charge in [-0.3, -0.25) is 9.59 Å². The molecule has 1 spiro atoms. The van der Waals surface area contributed by atoms with E-state index in [4.69, 9.17) is 24.7 Å². The van der Waals surface area contributed by atoms with Crippen LogP contribution in [0.15, 0.2) is 59.7 Å². The number of esters is 3. The van der Waals surface area contributed by atoms with Crippen LogP contribution in [0.25, 0.3) is 0 Å². The number of hydrogen-bond donors (Lipinski definition) is 1. The fraction of sp³-hybridized carbons (Fsp3) is 0.304. The summed E-state index contributed by atoms with van der Waals surface area (Å²) in [4.78, 5) is 53.8. The van der Waals surface area contributed by atoms with Gasteiger partial charge in [0.05, 0.1) is 20.8 Å². The molecule has 3 rings (SSSR count). The van der Waals surface area contributed by atoms with E-state index in [0.717, 1.165) is 14.2 Å². The topological polar surface area (TPSA) is 134 Å². The molecule has 10 heteroatoms. The predicted octanol–water partition coefficient (Wildman–Crippen LogP) is 1.21. The van der Waals surface area contributed by atoms with Gasteiger partial charge in [-0.15, -0.1) is 6.58 Å². The van der Waals surface area contributed by atoms with Crippen LogP contribution in [0.5, 0.6) is 0 Å². The number of carbonyl (C=O) groups is 4. The zero-order valence-corrected chi connectivity index (χ0v) is 18.5. The minimum atomic E-state index is -2.06. The summed E-state index contributed by atoms with van der Waals surface area (Å²) in [5.41, 5.74) is 4.07. The second kappa shape index (κ2) is 9.19. The molecule has 1 aromatic rings. The molecule has 1 amide bonds. The second-order valence-corrected chi connectivity index (χ2v) is 7.08. The summed E-state index contributed by atoms with van der Waals surface area (Å²) in [7, 11) is 2.27. The second-order valence-electron chi connectivity index (χ2n) is 7.08. The molecular weight excluding hydrogens is 432 g/mol. The first-order chi connectivity index (χ1) is 15.8. The number of benzene rings is 1. The van der Waals surface area contributed by atoms with Gasteiger partial charge in [0.2, 0.25) is 11.8 Å². The molecule has 0 aliphatic carbocycles. The molecule has 0 radical (unpaired) electrons. The van der Waals surface area contributed by atoms with Crippen LogP contribution in [0.4, 0.5) is 5.69 Å². The van der Waals surface area contributed by atoms with E-state index in [1.807, 2.05) is 0 Å². The molecule has 33 heavy (non-hydrogen) atoms. The van der Waals surface area contributed by atoms with Crippen molar-refractivity contribution in [1.29, 1.82) is 0 Å². The molecule has 0 saturated heterocycles. The van der Waals surface area contributed by atoms with Crippen LogP contribution in [0.1, 0.15) is 18.9 Å². The van der Waals surface area contributed by atoms with E-state index in [1.165, 1.54) is 11.0 Å². The zero-order valence-electron chi connectivity index (χ0n) is 18.5. The molecule has 10 nitrogen and oxygen atoms in total. The molecule has 2 N–H and O–H groups in total. The van der Waals surface area contributed by atoms with Crippen molar-refractivity contribution in [2.45, 2.75) is 18.8 Å². The molecule has 1 atom stereocenters. The Kier molecular flexibility index (Phi) is 6.57. The van der Waals surface area contributed by atoms with Crippen LogP contribution in [-0.2, 0) is 43.5 Å². The van der Waals surface area contributed by atoms with Crippen molar-refractivity contribution in [1.82, 2.24) is 0 Å². The summed E-state index contributed by atoms with van der Waals surface area (Å²) < 4.78 is 20.4. The third-order valence-electron chi connectivity index (χ3n) is 5.39. The molecule has 1 aromatic carbocycles. The Morgan fingerprint density at radius 2 is 1.85 bits per heavy atom. The molecule has 0 aromatic heterocycles. The maximum absolute atomic E-state index is 14.1. The number of nitrogens with two attached hydrogens (primary N) is 1. The van der Waals surface area contributed by atoms with Crippen LogP contribution in [-0.4, -0.2) is 51.2 Å². The highest BCUT2D eigenvalue weighted by atomic mass is 16.5. The van der Waals surface area contributed by atoms with E-state index in [0.29, 0.717) is 5.69 Å². The first kappa shape index (κ1) is 23.6. The molecule has 0 fully saturated rings. The molecule has 2 aliphatic rings. The monoisotopic (exact) mass is 456 g/mol. The summed E-state index contributed by atoms with van der Waals surface area (Å²) in [6.45, 7) is 5.33. The quantitative estimate of drug-likeness (QED) is 0.365. The van der Waals surface area contributed by atoms with Gasteiger partial charge < -0.3 is 29.6 Å². The van der Waals surface area contributed by atoms with Crippen molar-refractivity contribution in [2.75, 3.05) is 32.3 Å². The smallest absolute Gasteiger partial charge is 0.341 e. The highest BCUT2D eigenvalue weighted by molar-refractivity contribution is 6.22. The minimum Gasteiger partial charge on any atom is -0.469 e. The van der Waals surface area contributed by atoms with Gasteiger partial charge in [0.15, 0.2) is 0 Å². The Labute approximate surface area is 190 Å². The SMILES string of the molecule is C=CCN1C(=O)C2(C(C(=O)OCC)=C(N)OC(CC(=O)OC)=C2C(=O)OC)c2ccccc21. The van der Waals surface area contributed by atoms with Gasteiger partial charge in [0, 0.05) is 17.8 Å². The number of para-hydroxylation sites is 1. The molecule has 0 bridgehead atoms. The first-order valence-corrected chi connectivity index (χ1v) is 10.1. The van der Waals surface area contributed by atoms with Crippen molar-refractivity contribution >= 4 is 29.5 Å². The summed E-state index contributed by atoms with van der Waals surface area (Å²) in [5, 5.41) is 0. The third-order valence-corrected chi connectivity index (χ3v) is 5.39. The maximum Gasteiger partial charge on any atom is 0.341 e. The Hall–Kier alpha value is -4.08. The van der Waals surface area contributed by atoms with Crippen molar-refractivity contribution < 1.29 is 38.1 Å². The number of hydrogen-bond acceptors (Lipinski definition) is 9. The number of rotatable bonds is 7. The zero-order chi connectivity index (χ0) is 24.3. The summed E-state index contributed by atoms with van der Waals surface area (Å²) in [6.07, 6.45) is 0.970. The third kappa shape index (κ3) is 3.53. The van der Waals surface area contributed by atoms with E-state index in [9.17, 15) is 19.2 Å². The van der Waals surface area contributed by atoms with E-state index in [2.05, 4.69) is 6.58 Å². The van der Waals surface area contributed by atoms with E-state index >= 15 is 0 Å². The summed E-state index contributed by atoms with van der Waals surface area (Å²) in [6, 6.07) is 6.60. The molecule has 2 aliphatic heterocycles. The predicted molar refractivity (Wildman–Crippen MR) is 115 cm³/mol. The molecule has 1 unspecified atom stereocenters. The standard InChI is InChI=1S/C23H24N2O8/c1-5-11-25-14-10-8-7-9-13(14)23(22(25)29)17(20(27)31-4)15(12-16(26)30-3)33-19(24)18(23)21(28)32-6-2/h5,7-10H,1,6,11-12,24H2,2-4H3. The van der Waals surface area contributed by atoms with Crippen molar-refractivity contribution in [3.8, 4) is 0 Å². The highest BCUT2D eigenvalue weighted by Gasteiger charge is 2.64. The number of nitrogens with zero attached hydrogens (tertiary/aromatic N) is 1. The number of fused-ring (bicyclic) bond motifs is 2. The minimum absolute atomic E-state index is 0.0236. The maximum atomic E-state index is 14.1. The lowest BCUT2D eigenvalue weighted by Crippen LogP contribution is -2.51. The number of methoxy groups -OCH3 is 2. The van der Waals surface area contributed by atoms with Gasteiger partial charge in [-0.1, -0.05) is 24.3 Å². The van der Waals surface area contributed by atoms with Crippen LogP contribution in [0, 0.1) is 0 Å². The van der Waals surface area contributed by atoms with E-state index < -0.39 is 41.5 Å². The summed E-state index contributed by atoms with van der Waals surface area (Å²) in [5.74, 6) is -4.08. The number of anilines is 1. The lowest BCUT2D eigenvalue weighted by molar-refractivity contribution is -0.142. The van der Waals surface area contributed by atoms with Crippen molar-refractivity contribution in [3.63, 3.8) is 0 Å². The number of carbonyl (C=O) groups excluding carboxylic acids is 4. The molecule has 0 saturated carbocycles. The largest absolute Gasteiger partial charge is 0.469 e. The van der Waals surface area contributed by atoms with Crippen molar-refractivity contribution in [2.24, 2.45) is 5.73 Å². The Bertz CT molecular complexity index is 1100. The lowest BCUT2D eigenvalue weighted by Gasteiger charge is -2.36. The average molecular weight is 456 g/mol. The Balaban J connectivity index is 2.47. The van der Waals surface area contributed by atoms with Crippen LogP contribution in [0.2, 0.25) is 0 Å². The van der Waals surface area contributed by atoms with Gasteiger partial charge in [0.25, 0.3) is 0 Å². The fourth-order valence-corrected chi connectivity index (χ4v) is 4.15. The molecule has 174 valence electrons. The van der Waals surface area contributed by atoms with Gasteiger partial charge in [0.1, 0.15) is 28.7 Å². The number of amides is 1. The average Bonchev–Trinajstić information content (AvgIpc) is 3.02. The van der Waals surface area contributed by atoms with Gasteiger partial charge in [-0.05, 0) is 13.0 Å². The highest BCUT2D eigenvalue weighted by Crippen LogP contribution is 2.54. The van der Waals surface area contributed by atoms with Gasteiger partial charge in [-0.2, -0.15) is 0 Å². The van der Waals surface area contributed by atoms with Gasteiger partial charge in [-0.25, -0.2) is 9.59 Å².